The van der Waals surface area contributed by atoms with Crippen LogP contribution in [0.2, 0.25) is 0 Å². The van der Waals surface area contributed by atoms with Crippen molar-refractivity contribution in [2.75, 3.05) is 13.7 Å². The number of aromatic nitrogens is 1. The molecule has 0 radical (unpaired) electrons. The monoisotopic (exact) mass is 334 g/mol. The van der Waals surface area contributed by atoms with Crippen molar-refractivity contribution in [3.8, 4) is 11.4 Å². The van der Waals surface area contributed by atoms with Gasteiger partial charge >= 0.3 is 0 Å². The number of methoxy groups -OCH3 is 1. The van der Waals surface area contributed by atoms with Crippen LogP contribution in [-0.4, -0.2) is 24.1 Å². The van der Waals surface area contributed by atoms with E-state index in [9.17, 15) is 4.79 Å². The maximum absolute atomic E-state index is 11.9. The van der Waals surface area contributed by atoms with Crippen molar-refractivity contribution in [2.24, 2.45) is 5.92 Å². The average Bonchev–Trinajstić information content (AvgIpc) is 3.43. The molecule has 4 heteroatoms. The van der Waals surface area contributed by atoms with Gasteiger partial charge in [0.05, 0.1) is 12.6 Å². The third-order valence-corrected chi connectivity index (χ3v) is 4.74. The van der Waals surface area contributed by atoms with Crippen LogP contribution in [0.15, 0.2) is 54.6 Å². The first kappa shape index (κ1) is 15.8. The Morgan fingerprint density at radius 2 is 1.96 bits per heavy atom. The van der Waals surface area contributed by atoms with Crippen molar-refractivity contribution in [2.45, 2.75) is 19.3 Å². The number of para-hydroxylation sites is 1. The number of nitrogens with zero attached hydrogens (tertiary/aromatic N) is 1. The molecule has 0 spiro atoms. The Balaban J connectivity index is 1.69. The first-order chi connectivity index (χ1) is 12.3. The topological polar surface area (TPSA) is 43.3 Å². The van der Waals surface area contributed by atoms with E-state index in [-0.39, 0.29) is 11.8 Å². The smallest absolute Gasteiger partial charge is 0.223 e. The molecular weight excluding hydrogens is 312 g/mol. The van der Waals surface area contributed by atoms with Crippen LogP contribution in [0.5, 0.6) is 5.75 Å². The number of benzene rings is 2. The molecule has 1 aromatic heterocycles. The second-order valence-electron chi connectivity index (χ2n) is 6.52. The predicted octanol–water partition coefficient (Wildman–Crippen LogP) is 3.71. The summed E-state index contributed by atoms with van der Waals surface area (Å²) in [6, 6.07) is 18.6. The Labute approximate surface area is 147 Å². The van der Waals surface area contributed by atoms with Crippen LogP contribution >= 0.6 is 0 Å². The average molecular weight is 334 g/mol. The van der Waals surface area contributed by atoms with E-state index in [4.69, 9.17) is 4.74 Å². The van der Waals surface area contributed by atoms with Gasteiger partial charge < -0.3 is 14.6 Å². The Morgan fingerprint density at radius 3 is 2.68 bits per heavy atom. The summed E-state index contributed by atoms with van der Waals surface area (Å²) in [7, 11) is 1.70. The van der Waals surface area contributed by atoms with E-state index in [1.807, 2.05) is 30.3 Å². The van der Waals surface area contributed by atoms with Crippen molar-refractivity contribution < 1.29 is 9.53 Å². The molecule has 0 bridgehead atoms. The first-order valence-corrected chi connectivity index (χ1v) is 8.78. The number of fused-ring (bicyclic) bond motifs is 1. The van der Waals surface area contributed by atoms with E-state index in [2.05, 4.69) is 34.1 Å². The van der Waals surface area contributed by atoms with E-state index in [1.54, 1.807) is 7.11 Å². The molecule has 1 aliphatic rings. The zero-order chi connectivity index (χ0) is 17.2. The van der Waals surface area contributed by atoms with Crippen molar-refractivity contribution in [3.05, 3.63) is 60.3 Å². The van der Waals surface area contributed by atoms with Gasteiger partial charge in [-0.15, -0.1) is 0 Å². The number of nitrogens with one attached hydrogen (secondary N) is 1. The van der Waals surface area contributed by atoms with Crippen molar-refractivity contribution in [1.82, 2.24) is 9.88 Å². The minimum atomic E-state index is 0.194. The molecule has 1 heterocycles. The molecule has 1 saturated carbocycles. The van der Waals surface area contributed by atoms with Crippen LogP contribution in [0.4, 0.5) is 0 Å². The molecular formula is C21H22N2O2. The van der Waals surface area contributed by atoms with Gasteiger partial charge in [-0.25, -0.2) is 0 Å². The normalized spacial score (nSPS) is 13.8. The van der Waals surface area contributed by atoms with Crippen LogP contribution in [-0.2, 0) is 11.2 Å². The fraction of sp³-hybridized carbons (Fsp3) is 0.286. The lowest BCUT2D eigenvalue weighted by molar-refractivity contribution is -0.122. The number of hydrogen-bond acceptors (Lipinski definition) is 2. The summed E-state index contributed by atoms with van der Waals surface area (Å²) in [4.78, 5) is 11.9. The number of rotatable bonds is 6. The van der Waals surface area contributed by atoms with Crippen LogP contribution in [0.3, 0.4) is 0 Å². The van der Waals surface area contributed by atoms with Crippen LogP contribution in [0.25, 0.3) is 16.6 Å². The molecule has 4 rings (SSSR count). The predicted molar refractivity (Wildman–Crippen MR) is 99.3 cm³/mol. The zero-order valence-corrected chi connectivity index (χ0v) is 14.4. The van der Waals surface area contributed by atoms with Gasteiger partial charge in [-0.1, -0.05) is 24.3 Å². The fourth-order valence-corrected chi connectivity index (χ4v) is 3.31. The van der Waals surface area contributed by atoms with E-state index in [0.29, 0.717) is 6.54 Å². The Kier molecular flexibility index (Phi) is 4.18. The molecule has 1 N–H and O–H groups in total. The molecule has 3 aromatic rings. The van der Waals surface area contributed by atoms with Gasteiger partial charge in [-0.05, 0) is 43.2 Å². The number of ether oxygens (including phenoxy) is 1. The van der Waals surface area contributed by atoms with E-state index in [0.717, 1.165) is 41.6 Å². The Bertz CT molecular complexity index is 895. The standard InChI is InChI=1S/C21H22N2O2/c1-25-20-9-5-8-19-18(20)14-17(12-13-22-21(24)15-10-11-15)23(19)16-6-3-2-4-7-16/h2-9,14-15H,10-13H2,1H3,(H,22,24). The number of carbonyl (C=O) groups is 1. The highest BCUT2D eigenvalue weighted by atomic mass is 16.5. The van der Waals surface area contributed by atoms with E-state index >= 15 is 0 Å². The van der Waals surface area contributed by atoms with Crippen LogP contribution in [0, 0.1) is 5.92 Å². The quantitative estimate of drug-likeness (QED) is 0.747. The summed E-state index contributed by atoms with van der Waals surface area (Å²) in [6.07, 6.45) is 2.85. The van der Waals surface area contributed by atoms with Gasteiger partial charge in [0.25, 0.3) is 0 Å². The highest BCUT2D eigenvalue weighted by Crippen LogP contribution is 2.32. The first-order valence-electron chi connectivity index (χ1n) is 8.78. The van der Waals surface area contributed by atoms with Crippen molar-refractivity contribution in [3.63, 3.8) is 0 Å². The van der Waals surface area contributed by atoms with E-state index in [1.165, 1.54) is 5.69 Å². The second-order valence-corrected chi connectivity index (χ2v) is 6.52. The number of amides is 1. The van der Waals surface area contributed by atoms with Gasteiger partial charge in [0.1, 0.15) is 5.75 Å². The fourth-order valence-electron chi connectivity index (χ4n) is 3.31. The molecule has 0 unspecified atom stereocenters. The SMILES string of the molecule is COc1cccc2c1cc(CCNC(=O)C1CC1)n2-c1ccccc1. The second kappa shape index (κ2) is 6.63. The molecule has 2 aromatic carbocycles. The summed E-state index contributed by atoms with van der Waals surface area (Å²) in [6.45, 7) is 0.654. The lowest BCUT2D eigenvalue weighted by atomic mass is 10.2. The Hall–Kier alpha value is -2.75. The molecule has 4 nitrogen and oxygen atoms in total. The molecule has 0 saturated heterocycles. The van der Waals surface area contributed by atoms with Gasteiger partial charge in [0.15, 0.2) is 0 Å². The summed E-state index contributed by atoms with van der Waals surface area (Å²) in [5.74, 6) is 1.32. The molecule has 128 valence electrons. The Morgan fingerprint density at radius 1 is 1.16 bits per heavy atom. The summed E-state index contributed by atoms with van der Waals surface area (Å²) in [5.41, 5.74) is 3.41. The minimum Gasteiger partial charge on any atom is -0.496 e. The van der Waals surface area contributed by atoms with Gasteiger partial charge in [0, 0.05) is 35.7 Å². The van der Waals surface area contributed by atoms with Gasteiger partial charge in [-0.2, -0.15) is 0 Å². The number of hydrogen-bond donors (Lipinski definition) is 1. The van der Waals surface area contributed by atoms with Gasteiger partial charge in [-0.3, -0.25) is 4.79 Å². The zero-order valence-electron chi connectivity index (χ0n) is 14.4. The van der Waals surface area contributed by atoms with E-state index < -0.39 is 0 Å². The van der Waals surface area contributed by atoms with Crippen LogP contribution < -0.4 is 10.1 Å². The molecule has 1 aliphatic carbocycles. The third-order valence-electron chi connectivity index (χ3n) is 4.74. The van der Waals surface area contributed by atoms with Crippen molar-refractivity contribution in [1.29, 1.82) is 0 Å². The lowest BCUT2D eigenvalue weighted by Crippen LogP contribution is -2.27. The summed E-state index contributed by atoms with van der Waals surface area (Å²) < 4.78 is 7.78. The maximum Gasteiger partial charge on any atom is 0.223 e. The van der Waals surface area contributed by atoms with Crippen molar-refractivity contribution >= 4 is 16.8 Å². The van der Waals surface area contributed by atoms with Gasteiger partial charge in [0.2, 0.25) is 5.91 Å². The highest BCUT2D eigenvalue weighted by molar-refractivity contribution is 5.89. The molecule has 25 heavy (non-hydrogen) atoms. The lowest BCUT2D eigenvalue weighted by Gasteiger charge is -2.12. The third kappa shape index (κ3) is 3.12. The molecule has 1 amide bonds. The summed E-state index contributed by atoms with van der Waals surface area (Å²) >= 11 is 0. The molecule has 0 aliphatic heterocycles. The summed E-state index contributed by atoms with van der Waals surface area (Å²) in [5, 5.41) is 4.16. The molecule has 0 atom stereocenters. The van der Waals surface area contributed by atoms with Crippen LogP contribution in [0.1, 0.15) is 18.5 Å². The maximum atomic E-state index is 11.9. The highest BCUT2D eigenvalue weighted by Gasteiger charge is 2.29. The largest absolute Gasteiger partial charge is 0.496 e. The minimum absolute atomic E-state index is 0.194. The molecule has 1 fully saturated rings. The number of carbonyl (C=O) groups excluding carboxylic acids is 1.